The summed E-state index contributed by atoms with van der Waals surface area (Å²) in [5, 5.41) is 3.08. The van der Waals surface area contributed by atoms with Crippen molar-refractivity contribution in [3.05, 3.63) is 53.1 Å². The van der Waals surface area contributed by atoms with Crippen molar-refractivity contribution in [3.8, 4) is 5.75 Å². The van der Waals surface area contributed by atoms with Crippen LogP contribution in [0, 0.1) is 0 Å². The van der Waals surface area contributed by atoms with Gasteiger partial charge in [0.05, 0.1) is 28.5 Å². The maximum absolute atomic E-state index is 12.3. The van der Waals surface area contributed by atoms with Gasteiger partial charge in [0.25, 0.3) is 5.91 Å². The van der Waals surface area contributed by atoms with Crippen molar-refractivity contribution in [2.45, 2.75) is 11.8 Å². The number of nitrogens with one attached hydrogen (secondary N) is 1. The topological polar surface area (TPSA) is 72.5 Å². The lowest BCUT2D eigenvalue weighted by molar-refractivity contribution is 0.102. The monoisotopic (exact) mass is 353 g/mol. The van der Waals surface area contributed by atoms with Gasteiger partial charge in [0.15, 0.2) is 15.6 Å². The molecule has 0 aliphatic carbocycles. The Morgan fingerprint density at radius 1 is 1.17 bits per heavy atom. The highest BCUT2D eigenvalue weighted by atomic mass is 35.5. The third-order valence-electron chi connectivity index (χ3n) is 3.27. The predicted octanol–water partition coefficient (Wildman–Crippen LogP) is 3.39. The molecule has 2 aromatic rings. The number of amides is 1. The summed E-state index contributed by atoms with van der Waals surface area (Å²) in [6, 6.07) is 10.8. The lowest BCUT2D eigenvalue weighted by Gasteiger charge is -2.11. The molecule has 0 unspecified atom stereocenters. The summed E-state index contributed by atoms with van der Waals surface area (Å²) in [7, 11) is -1.83. The zero-order valence-electron chi connectivity index (χ0n) is 12.7. The molecule has 0 bridgehead atoms. The first-order valence-corrected chi connectivity index (χ1v) is 8.88. The van der Waals surface area contributed by atoms with Crippen LogP contribution in [-0.2, 0) is 9.84 Å². The minimum atomic E-state index is -3.28. The molecule has 0 saturated heterocycles. The smallest absolute Gasteiger partial charge is 0.255 e. The normalized spacial score (nSPS) is 11.1. The number of para-hydroxylation sites is 1. The lowest BCUT2D eigenvalue weighted by atomic mass is 10.2. The second-order valence-corrected chi connectivity index (χ2v) is 7.39. The van der Waals surface area contributed by atoms with E-state index in [1.54, 1.807) is 25.1 Å². The summed E-state index contributed by atoms with van der Waals surface area (Å²) in [5.74, 6) is -0.00292. The van der Waals surface area contributed by atoms with Gasteiger partial charge in [-0.05, 0) is 36.4 Å². The third kappa shape index (κ3) is 3.83. The zero-order chi connectivity index (χ0) is 17.0. The summed E-state index contributed by atoms with van der Waals surface area (Å²) >= 11 is 6.00. The van der Waals surface area contributed by atoms with Crippen LogP contribution in [0.15, 0.2) is 47.4 Å². The van der Waals surface area contributed by atoms with Crippen LogP contribution in [-0.4, -0.2) is 27.2 Å². The highest BCUT2D eigenvalue weighted by molar-refractivity contribution is 7.91. The van der Waals surface area contributed by atoms with Crippen molar-refractivity contribution in [1.82, 2.24) is 0 Å². The molecule has 5 nitrogen and oxygen atoms in total. The van der Waals surface area contributed by atoms with E-state index in [4.69, 9.17) is 16.3 Å². The Morgan fingerprint density at radius 2 is 1.83 bits per heavy atom. The van der Waals surface area contributed by atoms with E-state index in [9.17, 15) is 13.2 Å². The van der Waals surface area contributed by atoms with E-state index in [1.807, 2.05) is 0 Å². The Balaban J connectivity index is 2.24. The number of methoxy groups -OCH3 is 1. The van der Waals surface area contributed by atoms with Gasteiger partial charge in [-0.2, -0.15) is 0 Å². The molecule has 0 aromatic heterocycles. The first-order chi connectivity index (χ1) is 10.9. The largest absolute Gasteiger partial charge is 0.493 e. The molecule has 1 N–H and O–H groups in total. The average molecular weight is 354 g/mol. The van der Waals surface area contributed by atoms with Crippen LogP contribution < -0.4 is 10.1 Å². The summed E-state index contributed by atoms with van der Waals surface area (Å²) < 4.78 is 28.7. The van der Waals surface area contributed by atoms with Crippen LogP contribution in [0.1, 0.15) is 17.3 Å². The Bertz CT molecular complexity index is 816. The third-order valence-corrected chi connectivity index (χ3v) is 5.32. The molecule has 0 radical (unpaired) electrons. The number of hydrogen-bond donors (Lipinski definition) is 1. The molecule has 23 heavy (non-hydrogen) atoms. The minimum absolute atomic E-state index is 0.0122. The molecule has 0 aliphatic heterocycles. The van der Waals surface area contributed by atoms with Gasteiger partial charge >= 0.3 is 0 Å². The highest BCUT2D eigenvalue weighted by Crippen LogP contribution is 2.32. The Morgan fingerprint density at radius 3 is 2.39 bits per heavy atom. The van der Waals surface area contributed by atoms with E-state index >= 15 is 0 Å². The van der Waals surface area contributed by atoms with Gasteiger partial charge < -0.3 is 10.1 Å². The van der Waals surface area contributed by atoms with E-state index < -0.39 is 9.84 Å². The van der Waals surface area contributed by atoms with Crippen LogP contribution in [0.25, 0.3) is 0 Å². The Hall–Kier alpha value is -2.05. The number of benzene rings is 2. The number of carbonyl (C=O) groups is 1. The van der Waals surface area contributed by atoms with Gasteiger partial charge in [0.2, 0.25) is 0 Å². The van der Waals surface area contributed by atoms with Crippen molar-refractivity contribution >= 4 is 33.0 Å². The number of anilines is 1. The highest BCUT2D eigenvalue weighted by Gasteiger charge is 2.14. The van der Waals surface area contributed by atoms with Gasteiger partial charge in [-0.15, -0.1) is 0 Å². The first kappa shape index (κ1) is 17.3. The van der Waals surface area contributed by atoms with Crippen molar-refractivity contribution in [3.63, 3.8) is 0 Å². The molecule has 0 atom stereocenters. The van der Waals surface area contributed by atoms with Crippen LogP contribution in [0.4, 0.5) is 5.69 Å². The number of hydrogen-bond acceptors (Lipinski definition) is 4. The van der Waals surface area contributed by atoms with E-state index in [0.29, 0.717) is 22.0 Å². The van der Waals surface area contributed by atoms with Crippen molar-refractivity contribution < 1.29 is 17.9 Å². The fourth-order valence-corrected chi connectivity index (χ4v) is 3.13. The maximum Gasteiger partial charge on any atom is 0.255 e. The fourth-order valence-electron chi connectivity index (χ4n) is 1.99. The molecule has 0 saturated carbocycles. The molecule has 0 fully saturated rings. The average Bonchev–Trinajstić information content (AvgIpc) is 2.55. The van der Waals surface area contributed by atoms with Crippen LogP contribution in [0.3, 0.4) is 0 Å². The van der Waals surface area contributed by atoms with Gasteiger partial charge in [-0.1, -0.05) is 24.6 Å². The molecule has 122 valence electrons. The van der Waals surface area contributed by atoms with Gasteiger partial charge in [0, 0.05) is 5.56 Å². The molecular weight excluding hydrogens is 338 g/mol. The molecule has 0 heterocycles. The summed E-state index contributed by atoms with van der Waals surface area (Å²) in [6.07, 6.45) is 0. The van der Waals surface area contributed by atoms with Crippen molar-refractivity contribution in [1.29, 1.82) is 0 Å². The molecular formula is C16H16ClNO4S. The molecule has 2 rings (SSSR count). The summed E-state index contributed by atoms with van der Waals surface area (Å²) in [4.78, 5) is 12.5. The Labute approximate surface area is 140 Å². The molecule has 7 heteroatoms. The summed E-state index contributed by atoms with van der Waals surface area (Å²) in [5.41, 5.74) is 0.775. The fraction of sp³-hybridized carbons (Fsp3) is 0.188. The second-order valence-electron chi connectivity index (χ2n) is 4.70. The first-order valence-electron chi connectivity index (χ1n) is 6.85. The quantitative estimate of drug-likeness (QED) is 0.894. The van der Waals surface area contributed by atoms with Gasteiger partial charge in [-0.25, -0.2) is 8.42 Å². The van der Waals surface area contributed by atoms with Crippen molar-refractivity contribution in [2.75, 3.05) is 18.2 Å². The van der Waals surface area contributed by atoms with E-state index in [1.165, 1.54) is 31.4 Å². The van der Waals surface area contributed by atoms with Gasteiger partial charge in [0.1, 0.15) is 0 Å². The van der Waals surface area contributed by atoms with Gasteiger partial charge in [-0.3, -0.25) is 4.79 Å². The summed E-state index contributed by atoms with van der Waals surface area (Å²) in [6.45, 7) is 1.57. The number of carbonyl (C=O) groups excluding carboxylic acids is 1. The number of rotatable bonds is 5. The predicted molar refractivity (Wildman–Crippen MR) is 90.1 cm³/mol. The number of halogens is 1. The zero-order valence-corrected chi connectivity index (χ0v) is 14.2. The van der Waals surface area contributed by atoms with Crippen LogP contribution in [0.2, 0.25) is 5.02 Å². The van der Waals surface area contributed by atoms with Crippen LogP contribution >= 0.6 is 11.6 Å². The standard InChI is InChI=1S/C16H16ClNO4S/c1-3-23(20,21)12-9-7-11(8-10-12)16(19)18-14-6-4-5-13(17)15(14)22-2/h4-10H,3H2,1-2H3,(H,18,19). The second kappa shape index (κ2) is 7.02. The van der Waals surface area contributed by atoms with E-state index in [0.717, 1.165) is 0 Å². The maximum atomic E-state index is 12.3. The number of ether oxygens (including phenoxy) is 1. The van der Waals surface area contributed by atoms with Crippen LogP contribution in [0.5, 0.6) is 5.75 Å². The van der Waals surface area contributed by atoms with E-state index in [2.05, 4.69) is 5.32 Å². The molecule has 0 spiro atoms. The number of sulfone groups is 1. The minimum Gasteiger partial charge on any atom is -0.493 e. The molecule has 1 amide bonds. The Kier molecular flexibility index (Phi) is 5.28. The molecule has 2 aromatic carbocycles. The lowest BCUT2D eigenvalue weighted by Crippen LogP contribution is -2.13. The van der Waals surface area contributed by atoms with Crippen molar-refractivity contribution in [2.24, 2.45) is 0 Å². The van der Waals surface area contributed by atoms with E-state index in [-0.39, 0.29) is 16.6 Å². The SMILES string of the molecule is CCS(=O)(=O)c1ccc(C(=O)Nc2cccc(Cl)c2OC)cc1. The molecule has 0 aliphatic rings.